The van der Waals surface area contributed by atoms with Crippen molar-refractivity contribution in [1.82, 2.24) is 9.88 Å². The average molecular weight is 509 g/mol. The molecule has 7 rings (SSSR count). The third-order valence-corrected chi connectivity index (χ3v) is 9.49. The second-order valence-corrected chi connectivity index (χ2v) is 11.5. The number of nitrogens with zero attached hydrogens (tertiary/aromatic N) is 2. The summed E-state index contributed by atoms with van der Waals surface area (Å²) in [4.78, 5) is 23.0. The van der Waals surface area contributed by atoms with Gasteiger partial charge in [0.25, 0.3) is 0 Å². The van der Waals surface area contributed by atoms with E-state index in [1.54, 1.807) is 0 Å². The van der Waals surface area contributed by atoms with Gasteiger partial charge < -0.3 is 25.3 Å². The molecule has 0 amide bonds. The van der Waals surface area contributed by atoms with Crippen LogP contribution >= 0.6 is 0 Å². The maximum Gasteiger partial charge on any atom is 0.195 e. The van der Waals surface area contributed by atoms with E-state index in [1.165, 1.54) is 44.5 Å². The van der Waals surface area contributed by atoms with E-state index in [4.69, 9.17) is 10.5 Å². The number of hydrogen-bond donors (Lipinski definition) is 2. The summed E-state index contributed by atoms with van der Waals surface area (Å²) in [5.41, 5.74) is 13.4. The minimum absolute atomic E-state index is 0.0848. The molecule has 0 radical (unpaired) electrons. The van der Waals surface area contributed by atoms with Gasteiger partial charge in [0, 0.05) is 71.2 Å². The van der Waals surface area contributed by atoms with Gasteiger partial charge in [-0.3, -0.25) is 4.79 Å². The molecule has 0 bridgehead atoms. The number of nitrogens with two attached hydrogens (primary N) is 1. The monoisotopic (exact) mass is 508 g/mol. The number of piperidine rings is 1. The highest BCUT2D eigenvalue weighted by Gasteiger charge is 2.47. The summed E-state index contributed by atoms with van der Waals surface area (Å²) in [7, 11) is 0. The Hall–Kier alpha value is -3.27. The van der Waals surface area contributed by atoms with E-state index in [0.29, 0.717) is 24.9 Å². The molecule has 6 nitrogen and oxygen atoms in total. The fourth-order valence-electron chi connectivity index (χ4n) is 7.57. The number of carbonyl (C=O) groups excluding carboxylic acids is 1. The van der Waals surface area contributed by atoms with Gasteiger partial charge in [-0.05, 0) is 88.4 Å². The molecule has 1 aliphatic carbocycles. The summed E-state index contributed by atoms with van der Waals surface area (Å²) in [5.74, 6) is 6.57. The Morgan fingerprint density at radius 2 is 1.82 bits per heavy atom. The standard InChI is InChI=1S/C32H36N4O2/c1-2-5-21-18-25-26(20-28(21)36-14-8-23(9-15-36)35-12-3-4-13-35)32(10-16-38-17-11-32)31-29(30(25)37)24-7-6-22(33)19-27(24)34-31/h6-7,18-20,23,34H,3-4,8-17,33H2,1H3. The molecule has 0 saturated carbocycles. The van der Waals surface area contributed by atoms with Crippen molar-refractivity contribution in [1.29, 1.82) is 0 Å². The molecular weight excluding hydrogens is 472 g/mol. The maximum atomic E-state index is 14.2. The van der Waals surface area contributed by atoms with Crippen LogP contribution in [0.2, 0.25) is 0 Å². The van der Waals surface area contributed by atoms with Gasteiger partial charge in [0.1, 0.15) is 0 Å². The summed E-state index contributed by atoms with van der Waals surface area (Å²) in [5, 5.41) is 0.951. The first-order valence-electron chi connectivity index (χ1n) is 14.2. The van der Waals surface area contributed by atoms with Crippen LogP contribution in [0.25, 0.3) is 10.9 Å². The lowest BCUT2D eigenvalue weighted by Gasteiger charge is -2.43. The molecular formula is C32H36N4O2. The number of anilines is 2. The van der Waals surface area contributed by atoms with Gasteiger partial charge in [0.2, 0.25) is 0 Å². The maximum absolute atomic E-state index is 14.2. The van der Waals surface area contributed by atoms with Gasteiger partial charge >= 0.3 is 0 Å². The Balaban J connectivity index is 1.35. The topological polar surface area (TPSA) is 74.6 Å². The van der Waals surface area contributed by atoms with Crippen LogP contribution < -0.4 is 10.6 Å². The number of ether oxygens (including phenoxy) is 1. The molecule has 4 aliphatic rings. The Labute approximate surface area is 224 Å². The van der Waals surface area contributed by atoms with Crippen LogP contribution in [0, 0.1) is 11.8 Å². The molecule has 4 heterocycles. The van der Waals surface area contributed by atoms with Crippen LogP contribution in [0.5, 0.6) is 0 Å². The number of carbonyl (C=O) groups is 1. The lowest BCUT2D eigenvalue weighted by molar-refractivity contribution is 0.0602. The van der Waals surface area contributed by atoms with E-state index in [-0.39, 0.29) is 11.2 Å². The van der Waals surface area contributed by atoms with Crippen molar-refractivity contribution in [2.45, 2.75) is 56.9 Å². The lowest BCUT2D eigenvalue weighted by atomic mass is 9.64. The van der Waals surface area contributed by atoms with Gasteiger partial charge in [-0.2, -0.15) is 0 Å². The number of aromatic nitrogens is 1. The molecule has 3 fully saturated rings. The van der Waals surface area contributed by atoms with Crippen molar-refractivity contribution in [3.63, 3.8) is 0 Å². The minimum atomic E-state index is -0.286. The van der Waals surface area contributed by atoms with Crippen molar-refractivity contribution in [2.75, 3.05) is 50.0 Å². The lowest BCUT2D eigenvalue weighted by Crippen LogP contribution is -2.44. The number of likely N-dealkylation sites (tertiary alicyclic amines) is 1. The summed E-state index contributed by atoms with van der Waals surface area (Å²) >= 11 is 0. The molecule has 3 aliphatic heterocycles. The highest BCUT2D eigenvalue weighted by Crippen LogP contribution is 2.51. The van der Waals surface area contributed by atoms with E-state index in [1.807, 2.05) is 25.1 Å². The zero-order valence-corrected chi connectivity index (χ0v) is 22.2. The number of fused-ring (bicyclic) bond motifs is 6. The normalized spacial score (nSPS) is 21.4. The van der Waals surface area contributed by atoms with Crippen LogP contribution in [0.4, 0.5) is 11.4 Å². The van der Waals surface area contributed by atoms with Crippen LogP contribution in [0.15, 0.2) is 30.3 Å². The zero-order valence-electron chi connectivity index (χ0n) is 22.2. The predicted molar refractivity (Wildman–Crippen MR) is 152 cm³/mol. The first kappa shape index (κ1) is 23.8. The van der Waals surface area contributed by atoms with Crippen LogP contribution in [0.1, 0.15) is 78.2 Å². The molecule has 196 valence electrons. The summed E-state index contributed by atoms with van der Waals surface area (Å²) in [6, 6.07) is 10.9. The van der Waals surface area contributed by atoms with Crippen molar-refractivity contribution in [3.05, 3.63) is 58.3 Å². The van der Waals surface area contributed by atoms with E-state index in [0.717, 1.165) is 64.8 Å². The number of nitrogens with one attached hydrogen (secondary N) is 1. The number of aromatic amines is 1. The number of rotatable bonds is 2. The van der Waals surface area contributed by atoms with E-state index in [9.17, 15) is 4.79 Å². The molecule has 38 heavy (non-hydrogen) atoms. The van der Waals surface area contributed by atoms with E-state index >= 15 is 0 Å². The van der Waals surface area contributed by atoms with Gasteiger partial charge in [0.15, 0.2) is 5.78 Å². The molecule has 1 spiro atoms. The predicted octanol–water partition coefficient (Wildman–Crippen LogP) is 4.83. The third-order valence-electron chi connectivity index (χ3n) is 9.49. The molecule has 6 heteroatoms. The van der Waals surface area contributed by atoms with Crippen molar-refractivity contribution in [3.8, 4) is 11.8 Å². The number of benzene rings is 2. The zero-order chi connectivity index (χ0) is 25.9. The summed E-state index contributed by atoms with van der Waals surface area (Å²) < 4.78 is 5.86. The Kier molecular flexibility index (Phi) is 5.76. The minimum Gasteiger partial charge on any atom is -0.399 e. The van der Waals surface area contributed by atoms with Gasteiger partial charge in [-0.25, -0.2) is 0 Å². The Morgan fingerprint density at radius 3 is 2.55 bits per heavy atom. The Bertz CT molecular complexity index is 1470. The summed E-state index contributed by atoms with van der Waals surface area (Å²) in [6.45, 7) is 7.79. The summed E-state index contributed by atoms with van der Waals surface area (Å²) in [6.07, 6.45) is 6.73. The molecule has 3 aromatic rings. The van der Waals surface area contributed by atoms with Crippen LogP contribution in [0.3, 0.4) is 0 Å². The van der Waals surface area contributed by atoms with Gasteiger partial charge in [-0.15, -0.1) is 5.92 Å². The largest absolute Gasteiger partial charge is 0.399 e. The first-order chi connectivity index (χ1) is 18.6. The van der Waals surface area contributed by atoms with Crippen molar-refractivity contribution in [2.24, 2.45) is 0 Å². The molecule has 1 aromatic heterocycles. The Morgan fingerprint density at radius 1 is 1.05 bits per heavy atom. The molecule has 3 N–H and O–H groups in total. The SMILES string of the molecule is CC#Cc1cc2c(cc1N1CCC(N3CCCC3)CC1)C1(CCOCC1)c1[nH]c3cc(N)ccc3c1C2=O. The van der Waals surface area contributed by atoms with Crippen LogP contribution in [-0.4, -0.2) is 61.1 Å². The highest BCUT2D eigenvalue weighted by molar-refractivity contribution is 6.20. The number of ketones is 1. The highest BCUT2D eigenvalue weighted by atomic mass is 16.5. The fraction of sp³-hybridized carbons (Fsp3) is 0.469. The van der Waals surface area contributed by atoms with E-state index in [2.05, 4.69) is 38.8 Å². The van der Waals surface area contributed by atoms with Crippen molar-refractivity contribution >= 4 is 28.1 Å². The second kappa shape index (κ2) is 9.18. The number of nitrogen functional groups attached to an aromatic ring is 1. The fourth-order valence-corrected chi connectivity index (χ4v) is 7.57. The molecule has 0 atom stereocenters. The van der Waals surface area contributed by atoms with E-state index < -0.39 is 0 Å². The van der Waals surface area contributed by atoms with Gasteiger partial charge in [0.05, 0.1) is 11.3 Å². The van der Waals surface area contributed by atoms with Gasteiger partial charge in [-0.1, -0.05) is 12.0 Å². The first-order valence-corrected chi connectivity index (χ1v) is 14.2. The number of H-pyrrole nitrogens is 1. The second-order valence-electron chi connectivity index (χ2n) is 11.5. The smallest absolute Gasteiger partial charge is 0.195 e. The third kappa shape index (κ3) is 3.60. The number of hydrogen-bond acceptors (Lipinski definition) is 5. The van der Waals surface area contributed by atoms with Crippen LogP contribution in [-0.2, 0) is 10.2 Å². The quantitative estimate of drug-likeness (QED) is 0.383. The molecule has 0 unspecified atom stereocenters. The average Bonchev–Trinajstić information content (AvgIpc) is 3.61. The van der Waals surface area contributed by atoms with Crippen molar-refractivity contribution < 1.29 is 9.53 Å². The molecule has 2 aromatic carbocycles. The molecule has 3 saturated heterocycles.